The molecule has 2 rings (SSSR count). The Morgan fingerprint density at radius 3 is 2.64 bits per heavy atom. The predicted octanol–water partition coefficient (Wildman–Crippen LogP) is 3.68. The van der Waals surface area contributed by atoms with E-state index in [0.717, 1.165) is 5.92 Å². The van der Waals surface area contributed by atoms with Gasteiger partial charge in [0.05, 0.1) is 0 Å². The van der Waals surface area contributed by atoms with Gasteiger partial charge in [0, 0.05) is 11.7 Å². The monoisotopic (exact) mass is 189 g/mol. The Morgan fingerprint density at radius 2 is 1.93 bits per heavy atom. The van der Waals surface area contributed by atoms with Gasteiger partial charge < -0.3 is 5.32 Å². The fraction of sp³-hybridized carbons (Fsp3) is 0.538. The first-order chi connectivity index (χ1) is 6.84. The van der Waals surface area contributed by atoms with E-state index < -0.39 is 0 Å². The van der Waals surface area contributed by atoms with Gasteiger partial charge >= 0.3 is 0 Å². The zero-order valence-electron chi connectivity index (χ0n) is 8.87. The quantitative estimate of drug-likeness (QED) is 0.748. The minimum atomic E-state index is 0.696. The molecule has 0 aromatic heterocycles. The average molecular weight is 189 g/mol. The summed E-state index contributed by atoms with van der Waals surface area (Å²) in [5, 5.41) is 3.61. The molecule has 76 valence electrons. The SMILES string of the molecule is C[C@H]1CCC[C@H](Nc2ccccc2)C1. The van der Waals surface area contributed by atoms with Gasteiger partial charge in [0.25, 0.3) is 0 Å². The van der Waals surface area contributed by atoms with E-state index in [0.29, 0.717) is 6.04 Å². The van der Waals surface area contributed by atoms with Gasteiger partial charge in [0.1, 0.15) is 0 Å². The van der Waals surface area contributed by atoms with Crippen LogP contribution in [0.1, 0.15) is 32.6 Å². The summed E-state index contributed by atoms with van der Waals surface area (Å²) in [5.74, 6) is 0.893. The summed E-state index contributed by atoms with van der Waals surface area (Å²) in [4.78, 5) is 0. The van der Waals surface area contributed by atoms with Crippen molar-refractivity contribution in [1.82, 2.24) is 0 Å². The summed E-state index contributed by atoms with van der Waals surface area (Å²) in [6.07, 6.45) is 5.45. The first kappa shape index (κ1) is 9.57. The molecule has 0 saturated heterocycles. The normalized spacial score (nSPS) is 27.2. The van der Waals surface area contributed by atoms with Crippen LogP contribution in [0, 0.1) is 5.92 Å². The Hall–Kier alpha value is -0.980. The molecule has 1 N–H and O–H groups in total. The zero-order valence-corrected chi connectivity index (χ0v) is 8.87. The highest BCUT2D eigenvalue weighted by Crippen LogP contribution is 2.25. The van der Waals surface area contributed by atoms with E-state index in [-0.39, 0.29) is 0 Å². The van der Waals surface area contributed by atoms with Crippen molar-refractivity contribution in [1.29, 1.82) is 0 Å². The van der Waals surface area contributed by atoms with Gasteiger partial charge in [0.2, 0.25) is 0 Å². The fourth-order valence-corrected chi connectivity index (χ4v) is 2.34. The molecule has 0 spiro atoms. The summed E-state index contributed by atoms with van der Waals surface area (Å²) in [6, 6.07) is 11.2. The maximum Gasteiger partial charge on any atom is 0.0342 e. The Labute approximate surface area is 86.5 Å². The van der Waals surface area contributed by atoms with Crippen molar-refractivity contribution in [2.45, 2.75) is 38.6 Å². The van der Waals surface area contributed by atoms with Gasteiger partial charge in [-0.05, 0) is 30.9 Å². The lowest BCUT2D eigenvalue weighted by Crippen LogP contribution is -2.26. The highest BCUT2D eigenvalue weighted by molar-refractivity contribution is 5.43. The Kier molecular flexibility index (Phi) is 3.07. The Bertz CT molecular complexity index is 268. The molecular weight excluding hydrogens is 170 g/mol. The molecule has 0 unspecified atom stereocenters. The first-order valence-electron chi connectivity index (χ1n) is 5.66. The number of anilines is 1. The maximum atomic E-state index is 3.61. The lowest BCUT2D eigenvalue weighted by Gasteiger charge is -2.28. The molecule has 1 heteroatoms. The molecule has 1 aliphatic rings. The number of para-hydroxylation sites is 1. The highest BCUT2D eigenvalue weighted by atomic mass is 14.9. The average Bonchev–Trinajstić information content (AvgIpc) is 2.19. The van der Waals surface area contributed by atoms with Gasteiger partial charge in [-0.15, -0.1) is 0 Å². The molecule has 0 aliphatic heterocycles. The van der Waals surface area contributed by atoms with Crippen molar-refractivity contribution >= 4 is 5.69 Å². The third-order valence-electron chi connectivity index (χ3n) is 3.08. The van der Waals surface area contributed by atoms with Crippen molar-refractivity contribution in [3.05, 3.63) is 30.3 Å². The van der Waals surface area contributed by atoms with Crippen molar-refractivity contribution in [2.24, 2.45) is 5.92 Å². The Balaban J connectivity index is 1.91. The molecule has 1 saturated carbocycles. The number of rotatable bonds is 2. The summed E-state index contributed by atoms with van der Waals surface area (Å²) in [7, 11) is 0. The van der Waals surface area contributed by atoms with Crippen LogP contribution in [0.2, 0.25) is 0 Å². The molecule has 0 radical (unpaired) electrons. The van der Waals surface area contributed by atoms with Crippen LogP contribution in [0.4, 0.5) is 5.69 Å². The van der Waals surface area contributed by atoms with E-state index in [4.69, 9.17) is 0 Å². The number of hydrogen-bond donors (Lipinski definition) is 1. The highest BCUT2D eigenvalue weighted by Gasteiger charge is 2.18. The van der Waals surface area contributed by atoms with Crippen LogP contribution < -0.4 is 5.32 Å². The van der Waals surface area contributed by atoms with E-state index in [1.54, 1.807) is 0 Å². The fourth-order valence-electron chi connectivity index (χ4n) is 2.34. The van der Waals surface area contributed by atoms with Gasteiger partial charge in [-0.2, -0.15) is 0 Å². The maximum absolute atomic E-state index is 3.61. The zero-order chi connectivity index (χ0) is 9.80. The van der Waals surface area contributed by atoms with Crippen LogP contribution in [0.15, 0.2) is 30.3 Å². The molecule has 1 aromatic rings. The largest absolute Gasteiger partial charge is 0.382 e. The van der Waals surface area contributed by atoms with Gasteiger partial charge in [-0.3, -0.25) is 0 Å². The summed E-state index contributed by atoms with van der Waals surface area (Å²) in [5.41, 5.74) is 1.27. The lowest BCUT2D eigenvalue weighted by molar-refractivity contribution is 0.358. The summed E-state index contributed by atoms with van der Waals surface area (Å²) in [6.45, 7) is 2.36. The van der Waals surface area contributed by atoms with Crippen LogP contribution >= 0.6 is 0 Å². The number of benzene rings is 1. The molecule has 14 heavy (non-hydrogen) atoms. The topological polar surface area (TPSA) is 12.0 Å². The molecule has 1 nitrogen and oxygen atoms in total. The van der Waals surface area contributed by atoms with E-state index in [9.17, 15) is 0 Å². The minimum absolute atomic E-state index is 0.696. The van der Waals surface area contributed by atoms with E-state index in [1.807, 2.05) is 0 Å². The van der Waals surface area contributed by atoms with Crippen molar-refractivity contribution in [3.8, 4) is 0 Å². The molecule has 1 aliphatic carbocycles. The van der Waals surface area contributed by atoms with Crippen LogP contribution in [0.5, 0.6) is 0 Å². The molecule has 0 bridgehead atoms. The predicted molar refractivity (Wildman–Crippen MR) is 61.5 cm³/mol. The van der Waals surface area contributed by atoms with Gasteiger partial charge in [0.15, 0.2) is 0 Å². The van der Waals surface area contributed by atoms with Crippen molar-refractivity contribution < 1.29 is 0 Å². The Morgan fingerprint density at radius 1 is 1.14 bits per heavy atom. The summed E-state index contributed by atoms with van der Waals surface area (Å²) < 4.78 is 0. The second-order valence-corrected chi connectivity index (χ2v) is 4.48. The standard InChI is InChI=1S/C13H19N/c1-11-6-5-9-13(10-11)14-12-7-3-2-4-8-12/h2-4,7-8,11,13-14H,5-6,9-10H2,1H3/t11-,13-/m0/s1. The molecule has 0 amide bonds. The molecule has 1 aromatic carbocycles. The van der Waals surface area contributed by atoms with Crippen LogP contribution in [0.3, 0.4) is 0 Å². The number of nitrogens with one attached hydrogen (secondary N) is 1. The molecule has 0 heterocycles. The van der Waals surface area contributed by atoms with Crippen LogP contribution in [-0.4, -0.2) is 6.04 Å². The second-order valence-electron chi connectivity index (χ2n) is 4.48. The van der Waals surface area contributed by atoms with E-state index in [1.165, 1.54) is 31.4 Å². The van der Waals surface area contributed by atoms with E-state index in [2.05, 4.69) is 42.6 Å². The molecular formula is C13H19N. The lowest BCUT2D eigenvalue weighted by atomic mass is 9.87. The smallest absolute Gasteiger partial charge is 0.0342 e. The molecule has 1 fully saturated rings. The van der Waals surface area contributed by atoms with Crippen molar-refractivity contribution in [2.75, 3.05) is 5.32 Å². The third kappa shape index (κ3) is 2.50. The minimum Gasteiger partial charge on any atom is -0.382 e. The third-order valence-corrected chi connectivity index (χ3v) is 3.08. The van der Waals surface area contributed by atoms with Crippen LogP contribution in [0.25, 0.3) is 0 Å². The van der Waals surface area contributed by atoms with Gasteiger partial charge in [-0.1, -0.05) is 38.0 Å². The van der Waals surface area contributed by atoms with E-state index >= 15 is 0 Å². The summed E-state index contributed by atoms with van der Waals surface area (Å²) >= 11 is 0. The van der Waals surface area contributed by atoms with Crippen molar-refractivity contribution in [3.63, 3.8) is 0 Å². The van der Waals surface area contributed by atoms with Crippen LogP contribution in [-0.2, 0) is 0 Å². The second kappa shape index (κ2) is 4.50. The van der Waals surface area contributed by atoms with Gasteiger partial charge in [-0.25, -0.2) is 0 Å². The first-order valence-corrected chi connectivity index (χ1v) is 5.66. The number of hydrogen-bond acceptors (Lipinski definition) is 1. The molecule has 2 atom stereocenters.